The fraction of sp³-hybridized carbons (Fsp3) is 0. The fourth-order valence-corrected chi connectivity index (χ4v) is 2.92. The van der Waals surface area contributed by atoms with Crippen molar-refractivity contribution in [1.82, 2.24) is 9.97 Å². The summed E-state index contributed by atoms with van der Waals surface area (Å²) in [5.41, 5.74) is 8.30. The van der Waals surface area contributed by atoms with E-state index in [4.69, 9.17) is 34.3 Å². The molecule has 0 aliphatic carbocycles. The average molecular weight is 349 g/mol. The van der Waals surface area contributed by atoms with Crippen LogP contribution in [-0.2, 0) is 0 Å². The number of benzene rings is 2. The van der Waals surface area contributed by atoms with E-state index in [1.807, 2.05) is 30.3 Å². The minimum Gasteiger partial charge on any atom is -0.378 e. The molecule has 0 aliphatic rings. The minimum atomic E-state index is -0.0501. The van der Waals surface area contributed by atoms with Crippen LogP contribution >= 0.6 is 35.0 Å². The highest BCUT2D eigenvalue weighted by Crippen LogP contribution is 2.32. The van der Waals surface area contributed by atoms with Gasteiger partial charge in [-0.3, -0.25) is 5.41 Å². The highest BCUT2D eigenvalue weighted by molar-refractivity contribution is 8.13. The number of nitrogens with two attached hydrogens (primary N) is 1. The van der Waals surface area contributed by atoms with Crippen molar-refractivity contribution in [2.45, 2.75) is 5.03 Å². The molecule has 0 amide bonds. The van der Waals surface area contributed by atoms with Gasteiger partial charge in [0, 0.05) is 5.56 Å². The van der Waals surface area contributed by atoms with Crippen LogP contribution in [0.5, 0.6) is 0 Å². The predicted octanol–water partition coefficient (Wildman–Crippen LogP) is 4.59. The Bertz CT molecular complexity index is 868. The van der Waals surface area contributed by atoms with E-state index in [1.54, 1.807) is 12.1 Å². The molecule has 3 aromatic rings. The molecule has 4 nitrogen and oxygen atoms in total. The van der Waals surface area contributed by atoms with E-state index in [-0.39, 0.29) is 5.17 Å². The maximum absolute atomic E-state index is 7.50. The van der Waals surface area contributed by atoms with E-state index in [2.05, 4.69) is 9.97 Å². The quantitative estimate of drug-likeness (QED) is 0.403. The molecule has 0 saturated heterocycles. The largest absolute Gasteiger partial charge is 0.378 e. The molecule has 0 aliphatic heterocycles. The molecule has 0 spiro atoms. The lowest BCUT2D eigenvalue weighted by molar-refractivity contribution is 1.13. The van der Waals surface area contributed by atoms with Crippen LogP contribution in [0.4, 0.5) is 0 Å². The second-order valence-corrected chi connectivity index (χ2v) is 6.31. The van der Waals surface area contributed by atoms with Crippen molar-refractivity contribution in [1.29, 1.82) is 5.41 Å². The Kier molecular flexibility index (Phi) is 4.20. The smallest absolute Gasteiger partial charge is 0.157 e. The lowest BCUT2D eigenvalue weighted by atomic mass is 10.1. The number of thioether (sulfide) groups is 1. The van der Waals surface area contributed by atoms with Crippen molar-refractivity contribution < 1.29 is 0 Å². The van der Waals surface area contributed by atoms with Gasteiger partial charge in [0.2, 0.25) is 0 Å². The first-order valence-corrected chi connectivity index (χ1v) is 7.86. The van der Waals surface area contributed by atoms with Gasteiger partial charge in [-0.1, -0.05) is 53.5 Å². The van der Waals surface area contributed by atoms with Crippen LogP contribution in [0, 0.1) is 5.41 Å². The number of nitrogens with zero attached hydrogens (tertiary/aromatic N) is 2. The summed E-state index contributed by atoms with van der Waals surface area (Å²) in [6.07, 6.45) is 0. The fourth-order valence-electron chi connectivity index (χ4n) is 1.99. The maximum Gasteiger partial charge on any atom is 0.157 e. The first-order valence-electron chi connectivity index (χ1n) is 6.28. The number of aromatic nitrogens is 2. The molecule has 7 heteroatoms. The maximum atomic E-state index is 7.50. The molecule has 3 N–H and O–H groups in total. The number of hydrogen-bond donors (Lipinski definition) is 2. The molecule has 0 saturated carbocycles. The summed E-state index contributed by atoms with van der Waals surface area (Å²) < 4.78 is 0. The van der Waals surface area contributed by atoms with Gasteiger partial charge in [0.05, 0.1) is 21.1 Å². The van der Waals surface area contributed by atoms with Crippen LogP contribution in [0.15, 0.2) is 47.5 Å². The Morgan fingerprint density at radius 1 is 1.00 bits per heavy atom. The second-order valence-electron chi connectivity index (χ2n) is 4.46. The van der Waals surface area contributed by atoms with E-state index >= 15 is 0 Å². The van der Waals surface area contributed by atoms with Crippen LogP contribution in [0.2, 0.25) is 10.0 Å². The van der Waals surface area contributed by atoms with E-state index in [9.17, 15) is 0 Å². The van der Waals surface area contributed by atoms with Gasteiger partial charge in [0.25, 0.3) is 0 Å². The Hall–Kier alpha value is -1.82. The van der Waals surface area contributed by atoms with Gasteiger partial charge in [-0.05, 0) is 23.9 Å². The average Bonchev–Trinajstić information content (AvgIpc) is 2.49. The van der Waals surface area contributed by atoms with Crippen molar-refractivity contribution in [3.05, 3.63) is 52.5 Å². The van der Waals surface area contributed by atoms with E-state index in [0.717, 1.165) is 17.3 Å². The van der Waals surface area contributed by atoms with Gasteiger partial charge in [0.1, 0.15) is 10.7 Å². The molecule has 0 radical (unpaired) electrons. The molecule has 22 heavy (non-hydrogen) atoms. The van der Waals surface area contributed by atoms with Gasteiger partial charge in [-0.15, -0.1) is 0 Å². The molecular formula is C15H10Cl2N4S. The van der Waals surface area contributed by atoms with E-state index in [1.165, 1.54) is 0 Å². The second kappa shape index (κ2) is 6.12. The Balaban J connectivity index is 2.27. The van der Waals surface area contributed by atoms with Crippen LogP contribution < -0.4 is 5.73 Å². The van der Waals surface area contributed by atoms with Crippen LogP contribution in [-0.4, -0.2) is 15.1 Å². The number of halogens is 2. The highest BCUT2D eigenvalue weighted by atomic mass is 35.5. The summed E-state index contributed by atoms with van der Waals surface area (Å²) in [5, 5.41) is 8.85. The zero-order chi connectivity index (χ0) is 15.7. The molecule has 2 aromatic carbocycles. The topological polar surface area (TPSA) is 75.7 Å². The monoisotopic (exact) mass is 348 g/mol. The molecule has 1 aromatic heterocycles. The lowest BCUT2D eigenvalue weighted by Gasteiger charge is -2.09. The third-order valence-electron chi connectivity index (χ3n) is 2.93. The number of rotatable bonds is 2. The Morgan fingerprint density at radius 2 is 1.59 bits per heavy atom. The lowest BCUT2D eigenvalue weighted by Crippen LogP contribution is -2.05. The number of nitrogens with one attached hydrogen (secondary N) is 1. The molecule has 1 heterocycles. The SMILES string of the molecule is N=C(N)Sc1nc2cc(Cl)c(Cl)cc2nc1-c1ccccc1. The van der Waals surface area contributed by atoms with Gasteiger partial charge in [0.15, 0.2) is 5.17 Å². The van der Waals surface area contributed by atoms with Crippen LogP contribution in [0.3, 0.4) is 0 Å². The molecule has 0 fully saturated rings. The van der Waals surface area contributed by atoms with Gasteiger partial charge < -0.3 is 5.73 Å². The zero-order valence-corrected chi connectivity index (χ0v) is 13.5. The Labute approximate surface area is 141 Å². The first kappa shape index (κ1) is 15.1. The number of amidine groups is 1. The normalized spacial score (nSPS) is 10.8. The van der Waals surface area contributed by atoms with E-state index < -0.39 is 0 Å². The van der Waals surface area contributed by atoms with Crippen LogP contribution in [0.1, 0.15) is 0 Å². The summed E-state index contributed by atoms with van der Waals surface area (Å²) in [5.74, 6) is 0. The predicted molar refractivity (Wildman–Crippen MR) is 92.8 cm³/mol. The van der Waals surface area contributed by atoms with Gasteiger partial charge in [-0.2, -0.15) is 0 Å². The summed E-state index contributed by atoms with van der Waals surface area (Å²) in [6, 6.07) is 12.9. The first-order chi connectivity index (χ1) is 10.5. The van der Waals surface area contributed by atoms with Crippen molar-refractivity contribution >= 4 is 51.2 Å². The summed E-state index contributed by atoms with van der Waals surface area (Å²) >= 11 is 13.1. The summed E-state index contributed by atoms with van der Waals surface area (Å²) in [7, 11) is 0. The van der Waals surface area contributed by atoms with Crippen molar-refractivity contribution in [3.63, 3.8) is 0 Å². The van der Waals surface area contributed by atoms with Crippen molar-refractivity contribution in [3.8, 4) is 11.3 Å². The minimum absolute atomic E-state index is 0.0501. The summed E-state index contributed by atoms with van der Waals surface area (Å²) in [6.45, 7) is 0. The standard InChI is InChI=1S/C15H10Cl2N4S/c16-9-6-11-12(7-10(9)17)21-14(22-15(18)19)13(20-11)8-4-2-1-3-5-8/h1-7H,(H3,18,19). The van der Waals surface area contributed by atoms with Gasteiger partial charge >= 0.3 is 0 Å². The molecule has 0 atom stereocenters. The third-order valence-corrected chi connectivity index (χ3v) is 4.35. The molecule has 0 unspecified atom stereocenters. The molecule has 3 rings (SSSR count). The summed E-state index contributed by atoms with van der Waals surface area (Å²) in [4.78, 5) is 9.15. The van der Waals surface area contributed by atoms with Crippen LogP contribution in [0.25, 0.3) is 22.3 Å². The molecule has 0 bridgehead atoms. The van der Waals surface area contributed by atoms with Gasteiger partial charge in [-0.25, -0.2) is 9.97 Å². The van der Waals surface area contributed by atoms with Crippen molar-refractivity contribution in [2.24, 2.45) is 5.73 Å². The third kappa shape index (κ3) is 3.02. The molecule has 110 valence electrons. The highest BCUT2D eigenvalue weighted by Gasteiger charge is 2.14. The van der Waals surface area contributed by atoms with E-state index in [0.29, 0.717) is 31.8 Å². The zero-order valence-electron chi connectivity index (χ0n) is 11.2. The Morgan fingerprint density at radius 3 is 2.18 bits per heavy atom. The molecular weight excluding hydrogens is 339 g/mol. The number of fused-ring (bicyclic) bond motifs is 1. The van der Waals surface area contributed by atoms with Crippen molar-refractivity contribution in [2.75, 3.05) is 0 Å². The number of hydrogen-bond acceptors (Lipinski definition) is 4.